The van der Waals surface area contributed by atoms with Gasteiger partial charge in [-0.05, 0) is 31.0 Å². The number of hydrogen-bond acceptors (Lipinski definition) is 4. The van der Waals surface area contributed by atoms with Crippen molar-refractivity contribution < 1.29 is 0 Å². The van der Waals surface area contributed by atoms with Gasteiger partial charge in [0.15, 0.2) is 0 Å². The summed E-state index contributed by atoms with van der Waals surface area (Å²) in [5.74, 6) is 0. The quantitative estimate of drug-likeness (QED) is 0.781. The van der Waals surface area contributed by atoms with Crippen LogP contribution in [0.4, 0.5) is 0 Å². The van der Waals surface area contributed by atoms with E-state index in [2.05, 4.69) is 53.4 Å². The first-order valence-corrected chi connectivity index (χ1v) is 7.43. The van der Waals surface area contributed by atoms with Crippen LogP contribution >= 0.6 is 11.8 Å². The SMILES string of the molecule is CSc1ccc(C(C#N)N2CCN(C)CC2)cc1. The molecule has 1 atom stereocenters. The van der Waals surface area contributed by atoms with Gasteiger partial charge in [-0.2, -0.15) is 5.26 Å². The Hall–Kier alpha value is -1.02. The molecule has 1 aromatic rings. The Kier molecular flexibility index (Phi) is 4.65. The molecule has 1 aromatic carbocycles. The average molecular weight is 261 g/mol. The first-order chi connectivity index (χ1) is 8.74. The Morgan fingerprint density at radius 3 is 2.28 bits per heavy atom. The minimum absolute atomic E-state index is 0.102. The first-order valence-electron chi connectivity index (χ1n) is 6.21. The lowest BCUT2D eigenvalue weighted by Gasteiger charge is -2.35. The van der Waals surface area contributed by atoms with Gasteiger partial charge >= 0.3 is 0 Å². The zero-order valence-electron chi connectivity index (χ0n) is 11.0. The van der Waals surface area contributed by atoms with Crippen LogP contribution in [0.2, 0.25) is 0 Å². The number of hydrogen-bond donors (Lipinski definition) is 0. The lowest BCUT2D eigenvalue weighted by molar-refractivity contribution is 0.133. The van der Waals surface area contributed by atoms with Crippen LogP contribution in [0.5, 0.6) is 0 Å². The van der Waals surface area contributed by atoms with Crippen LogP contribution in [0.25, 0.3) is 0 Å². The van der Waals surface area contributed by atoms with E-state index >= 15 is 0 Å². The molecular formula is C14H19N3S. The van der Waals surface area contributed by atoms with Crippen molar-refractivity contribution in [1.29, 1.82) is 5.26 Å². The Balaban J connectivity index is 2.10. The van der Waals surface area contributed by atoms with E-state index in [9.17, 15) is 5.26 Å². The van der Waals surface area contributed by atoms with E-state index in [0.717, 1.165) is 31.7 Å². The van der Waals surface area contributed by atoms with E-state index in [-0.39, 0.29) is 6.04 Å². The summed E-state index contributed by atoms with van der Waals surface area (Å²) in [5.41, 5.74) is 1.11. The van der Waals surface area contributed by atoms with Crippen LogP contribution in [-0.4, -0.2) is 49.3 Å². The molecular weight excluding hydrogens is 242 g/mol. The van der Waals surface area contributed by atoms with Crippen molar-refractivity contribution in [3.63, 3.8) is 0 Å². The van der Waals surface area contributed by atoms with Gasteiger partial charge in [-0.25, -0.2) is 0 Å². The molecule has 1 unspecified atom stereocenters. The smallest absolute Gasteiger partial charge is 0.123 e. The van der Waals surface area contributed by atoms with Gasteiger partial charge in [-0.1, -0.05) is 12.1 Å². The van der Waals surface area contributed by atoms with Crippen LogP contribution in [-0.2, 0) is 0 Å². The fraction of sp³-hybridized carbons (Fsp3) is 0.500. The van der Waals surface area contributed by atoms with Crippen LogP contribution in [0.15, 0.2) is 29.2 Å². The van der Waals surface area contributed by atoms with Crippen molar-refractivity contribution in [2.24, 2.45) is 0 Å². The number of likely N-dealkylation sites (N-methyl/N-ethyl adjacent to an activating group) is 1. The van der Waals surface area contributed by atoms with Gasteiger partial charge in [0, 0.05) is 31.1 Å². The Bertz CT molecular complexity index is 416. The standard InChI is InChI=1S/C14H19N3S/c1-16-7-9-17(10-8-16)14(11-15)12-3-5-13(18-2)6-4-12/h3-6,14H,7-10H2,1-2H3. The van der Waals surface area contributed by atoms with E-state index in [1.165, 1.54) is 4.90 Å². The summed E-state index contributed by atoms with van der Waals surface area (Å²) in [4.78, 5) is 5.82. The molecule has 0 amide bonds. The predicted octanol–water partition coefficient (Wildman–Crippen LogP) is 2.22. The predicted molar refractivity (Wildman–Crippen MR) is 75.6 cm³/mol. The van der Waals surface area contributed by atoms with Crippen LogP contribution < -0.4 is 0 Å². The topological polar surface area (TPSA) is 30.3 Å². The highest BCUT2D eigenvalue weighted by atomic mass is 32.2. The van der Waals surface area contributed by atoms with Crippen LogP contribution in [0.1, 0.15) is 11.6 Å². The zero-order chi connectivity index (χ0) is 13.0. The molecule has 1 heterocycles. The molecule has 4 heteroatoms. The zero-order valence-corrected chi connectivity index (χ0v) is 11.8. The third-order valence-electron chi connectivity index (χ3n) is 3.46. The molecule has 0 spiro atoms. The van der Waals surface area contributed by atoms with Crippen LogP contribution in [0.3, 0.4) is 0 Å². The number of nitriles is 1. The van der Waals surface area contributed by atoms with Crippen molar-refractivity contribution >= 4 is 11.8 Å². The summed E-state index contributed by atoms with van der Waals surface area (Å²) < 4.78 is 0. The molecule has 18 heavy (non-hydrogen) atoms. The van der Waals surface area contributed by atoms with Gasteiger partial charge in [0.2, 0.25) is 0 Å². The highest BCUT2D eigenvalue weighted by molar-refractivity contribution is 7.98. The highest BCUT2D eigenvalue weighted by Crippen LogP contribution is 2.23. The number of benzene rings is 1. The van der Waals surface area contributed by atoms with E-state index in [1.807, 2.05) is 0 Å². The summed E-state index contributed by atoms with van der Waals surface area (Å²) in [6, 6.07) is 10.7. The molecule has 0 aliphatic carbocycles. The minimum atomic E-state index is -0.102. The summed E-state index contributed by atoms with van der Waals surface area (Å²) in [6.45, 7) is 4.03. The molecule has 3 nitrogen and oxygen atoms in total. The Morgan fingerprint density at radius 2 is 1.78 bits per heavy atom. The Morgan fingerprint density at radius 1 is 1.17 bits per heavy atom. The summed E-state index contributed by atoms with van der Waals surface area (Å²) in [5, 5.41) is 9.41. The second-order valence-electron chi connectivity index (χ2n) is 4.64. The molecule has 0 N–H and O–H groups in total. The maximum atomic E-state index is 9.41. The van der Waals surface area contributed by atoms with E-state index in [4.69, 9.17) is 0 Å². The lowest BCUT2D eigenvalue weighted by Crippen LogP contribution is -2.45. The molecule has 0 saturated carbocycles. The molecule has 0 bridgehead atoms. The third-order valence-corrected chi connectivity index (χ3v) is 4.20. The van der Waals surface area contributed by atoms with Gasteiger partial charge in [0.25, 0.3) is 0 Å². The molecule has 0 aromatic heterocycles. The van der Waals surface area contributed by atoms with Gasteiger partial charge in [-0.3, -0.25) is 4.90 Å². The number of piperazine rings is 1. The minimum Gasteiger partial charge on any atom is -0.304 e. The molecule has 0 radical (unpaired) electrons. The van der Waals surface area contributed by atoms with Gasteiger partial charge in [0.1, 0.15) is 6.04 Å². The number of nitrogens with zero attached hydrogens (tertiary/aromatic N) is 3. The second kappa shape index (κ2) is 6.24. The highest BCUT2D eigenvalue weighted by Gasteiger charge is 2.23. The fourth-order valence-electron chi connectivity index (χ4n) is 2.23. The van der Waals surface area contributed by atoms with Gasteiger partial charge in [0.05, 0.1) is 6.07 Å². The normalized spacial score (nSPS) is 19.4. The second-order valence-corrected chi connectivity index (χ2v) is 5.52. The monoisotopic (exact) mass is 261 g/mol. The maximum absolute atomic E-state index is 9.41. The van der Waals surface area contributed by atoms with E-state index in [1.54, 1.807) is 11.8 Å². The van der Waals surface area contributed by atoms with Gasteiger partial charge in [-0.15, -0.1) is 11.8 Å². The summed E-state index contributed by atoms with van der Waals surface area (Å²) in [6.07, 6.45) is 2.07. The maximum Gasteiger partial charge on any atom is 0.123 e. The largest absolute Gasteiger partial charge is 0.304 e. The molecule has 96 valence electrons. The lowest BCUT2D eigenvalue weighted by atomic mass is 10.1. The van der Waals surface area contributed by atoms with Crippen molar-refractivity contribution in [2.45, 2.75) is 10.9 Å². The summed E-state index contributed by atoms with van der Waals surface area (Å²) in [7, 11) is 2.13. The molecule has 1 fully saturated rings. The molecule has 2 rings (SSSR count). The average Bonchev–Trinajstić information content (AvgIpc) is 2.42. The first kappa shape index (κ1) is 13.4. The van der Waals surface area contributed by atoms with E-state index in [0.29, 0.717) is 0 Å². The van der Waals surface area contributed by atoms with Crippen molar-refractivity contribution in [3.05, 3.63) is 29.8 Å². The third kappa shape index (κ3) is 3.05. The van der Waals surface area contributed by atoms with Crippen molar-refractivity contribution in [2.75, 3.05) is 39.5 Å². The van der Waals surface area contributed by atoms with Crippen molar-refractivity contribution in [1.82, 2.24) is 9.80 Å². The van der Waals surface area contributed by atoms with Gasteiger partial charge < -0.3 is 4.90 Å². The number of rotatable bonds is 3. The van der Waals surface area contributed by atoms with Crippen LogP contribution in [0, 0.1) is 11.3 Å². The molecule has 1 aliphatic heterocycles. The van der Waals surface area contributed by atoms with E-state index < -0.39 is 0 Å². The summed E-state index contributed by atoms with van der Waals surface area (Å²) >= 11 is 1.73. The Labute approximate surface area is 113 Å². The molecule has 1 saturated heterocycles. The van der Waals surface area contributed by atoms with Crippen molar-refractivity contribution in [3.8, 4) is 6.07 Å². The number of thioether (sulfide) groups is 1. The fourth-order valence-corrected chi connectivity index (χ4v) is 2.64. The molecule has 1 aliphatic rings.